The highest BCUT2D eigenvalue weighted by Gasteiger charge is 2.20. The first-order chi connectivity index (χ1) is 12.1. The molecular weight excluding hydrogens is 326 g/mol. The number of ether oxygens (including phenoxy) is 3. The number of urea groups is 1. The van der Waals surface area contributed by atoms with Crippen LogP contribution in [0.15, 0.2) is 18.2 Å². The summed E-state index contributed by atoms with van der Waals surface area (Å²) in [5, 5.41) is 5.43. The van der Waals surface area contributed by atoms with Gasteiger partial charge in [-0.1, -0.05) is 0 Å². The van der Waals surface area contributed by atoms with Crippen molar-refractivity contribution >= 4 is 17.6 Å². The molecule has 1 aliphatic heterocycles. The molecule has 0 bridgehead atoms. The largest absolute Gasteiger partial charge is 0.491 e. The van der Waals surface area contributed by atoms with Crippen molar-refractivity contribution in [3.63, 3.8) is 0 Å². The Balaban J connectivity index is 1.99. The Morgan fingerprint density at radius 3 is 2.92 bits per heavy atom. The number of nitrogens with one attached hydrogen (secondary N) is 2. The van der Waals surface area contributed by atoms with Crippen LogP contribution >= 0.6 is 0 Å². The number of rotatable bonds is 7. The topological polar surface area (TPSA) is 89.1 Å². The number of anilines is 1. The van der Waals surface area contributed by atoms with Gasteiger partial charge in [0.2, 0.25) is 5.91 Å². The molecule has 2 rings (SSSR count). The molecule has 1 aromatic rings. The summed E-state index contributed by atoms with van der Waals surface area (Å²) in [4.78, 5) is 25.6. The summed E-state index contributed by atoms with van der Waals surface area (Å²) in [5.41, 5.74) is 1.50. The fraction of sp³-hybridized carbons (Fsp3) is 0.529. The van der Waals surface area contributed by atoms with E-state index in [1.165, 1.54) is 0 Å². The average Bonchev–Trinajstić information content (AvgIpc) is 2.80. The van der Waals surface area contributed by atoms with E-state index in [1.54, 1.807) is 24.1 Å². The predicted octanol–water partition coefficient (Wildman–Crippen LogP) is 1.21. The molecule has 0 saturated heterocycles. The van der Waals surface area contributed by atoms with E-state index in [0.29, 0.717) is 45.1 Å². The number of fused-ring (bicyclic) bond motifs is 1. The molecule has 0 radical (unpaired) electrons. The monoisotopic (exact) mass is 351 g/mol. The van der Waals surface area contributed by atoms with Gasteiger partial charge in [-0.25, -0.2) is 4.79 Å². The molecule has 0 aromatic heterocycles. The van der Waals surface area contributed by atoms with E-state index in [2.05, 4.69) is 10.6 Å². The van der Waals surface area contributed by atoms with Crippen LogP contribution in [0.3, 0.4) is 0 Å². The summed E-state index contributed by atoms with van der Waals surface area (Å²) in [6, 6.07) is 5.14. The molecule has 8 heteroatoms. The van der Waals surface area contributed by atoms with Gasteiger partial charge in [0.1, 0.15) is 19.0 Å². The Morgan fingerprint density at radius 1 is 1.32 bits per heavy atom. The highest BCUT2D eigenvalue weighted by Crippen LogP contribution is 2.26. The van der Waals surface area contributed by atoms with Crippen molar-refractivity contribution in [2.75, 3.05) is 51.9 Å². The Morgan fingerprint density at radius 2 is 2.16 bits per heavy atom. The molecule has 25 heavy (non-hydrogen) atoms. The zero-order chi connectivity index (χ0) is 18.1. The predicted molar refractivity (Wildman–Crippen MR) is 92.7 cm³/mol. The quantitative estimate of drug-likeness (QED) is 0.721. The van der Waals surface area contributed by atoms with Gasteiger partial charge >= 0.3 is 6.03 Å². The molecule has 0 aliphatic carbocycles. The molecule has 1 aliphatic rings. The van der Waals surface area contributed by atoms with Gasteiger partial charge in [-0.15, -0.1) is 0 Å². The Bertz CT molecular complexity index is 594. The molecule has 0 fully saturated rings. The Kier molecular flexibility index (Phi) is 7.49. The number of benzene rings is 1. The second-order valence-electron chi connectivity index (χ2n) is 5.52. The SMILES string of the molecule is CCNC(=O)Nc1ccc2c(c1)CN(C(=O)COCCOC)CCO2. The van der Waals surface area contributed by atoms with Crippen molar-refractivity contribution in [1.29, 1.82) is 0 Å². The third-order valence-corrected chi connectivity index (χ3v) is 3.65. The highest BCUT2D eigenvalue weighted by atomic mass is 16.5. The summed E-state index contributed by atoms with van der Waals surface area (Å²) < 4.78 is 15.9. The van der Waals surface area contributed by atoms with E-state index in [0.717, 1.165) is 11.3 Å². The van der Waals surface area contributed by atoms with Gasteiger partial charge in [0, 0.05) is 31.5 Å². The number of hydrogen-bond donors (Lipinski definition) is 2. The van der Waals surface area contributed by atoms with Gasteiger partial charge < -0.3 is 29.7 Å². The van der Waals surface area contributed by atoms with Crippen LogP contribution in [-0.4, -0.2) is 63.5 Å². The molecule has 0 saturated carbocycles. The van der Waals surface area contributed by atoms with Crippen LogP contribution in [0.25, 0.3) is 0 Å². The average molecular weight is 351 g/mol. The van der Waals surface area contributed by atoms with Gasteiger partial charge in [0.25, 0.3) is 0 Å². The lowest BCUT2D eigenvalue weighted by atomic mass is 10.1. The van der Waals surface area contributed by atoms with E-state index in [9.17, 15) is 9.59 Å². The number of amides is 3. The maximum absolute atomic E-state index is 12.3. The minimum atomic E-state index is -0.267. The first-order valence-electron chi connectivity index (χ1n) is 8.29. The summed E-state index contributed by atoms with van der Waals surface area (Å²) in [6.45, 7) is 4.55. The maximum Gasteiger partial charge on any atom is 0.319 e. The van der Waals surface area contributed by atoms with Crippen LogP contribution in [0, 0.1) is 0 Å². The fourth-order valence-corrected chi connectivity index (χ4v) is 2.41. The summed E-state index contributed by atoms with van der Waals surface area (Å²) in [6.07, 6.45) is 0. The third kappa shape index (κ3) is 5.91. The van der Waals surface area contributed by atoms with Crippen LogP contribution < -0.4 is 15.4 Å². The first-order valence-corrected chi connectivity index (χ1v) is 8.29. The lowest BCUT2D eigenvalue weighted by Gasteiger charge is -2.20. The number of hydrogen-bond acceptors (Lipinski definition) is 5. The smallest absolute Gasteiger partial charge is 0.319 e. The lowest BCUT2D eigenvalue weighted by molar-refractivity contribution is -0.137. The van der Waals surface area contributed by atoms with Crippen LogP contribution in [0.5, 0.6) is 5.75 Å². The minimum absolute atomic E-state index is 0.00946. The number of carbonyl (C=O) groups is 2. The van der Waals surface area contributed by atoms with Gasteiger partial charge in [-0.3, -0.25) is 4.79 Å². The summed E-state index contributed by atoms with van der Waals surface area (Å²) in [7, 11) is 1.58. The van der Waals surface area contributed by atoms with Gasteiger partial charge in [0.05, 0.1) is 19.8 Å². The molecular formula is C17H25N3O5. The van der Waals surface area contributed by atoms with E-state index in [1.807, 2.05) is 13.0 Å². The molecule has 1 aromatic carbocycles. The standard InChI is InChI=1S/C17H25N3O5/c1-3-18-17(22)19-14-4-5-15-13(10-14)11-20(6-7-25-15)16(21)12-24-9-8-23-2/h4-5,10H,3,6-9,11-12H2,1-2H3,(H2,18,19,22). The van der Waals surface area contributed by atoms with Crippen LogP contribution in [0.1, 0.15) is 12.5 Å². The zero-order valence-electron chi connectivity index (χ0n) is 14.7. The molecule has 0 atom stereocenters. The van der Waals surface area contributed by atoms with Crippen LogP contribution in [0.4, 0.5) is 10.5 Å². The molecule has 138 valence electrons. The van der Waals surface area contributed by atoms with Crippen molar-refractivity contribution in [3.05, 3.63) is 23.8 Å². The van der Waals surface area contributed by atoms with Crippen molar-refractivity contribution in [2.24, 2.45) is 0 Å². The molecule has 1 heterocycles. The second-order valence-corrected chi connectivity index (χ2v) is 5.52. The van der Waals surface area contributed by atoms with E-state index >= 15 is 0 Å². The highest BCUT2D eigenvalue weighted by molar-refractivity contribution is 5.89. The Labute approximate surface area is 147 Å². The van der Waals surface area contributed by atoms with Crippen LogP contribution in [-0.2, 0) is 20.8 Å². The minimum Gasteiger partial charge on any atom is -0.491 e. The summed E-state index contributed by atoms with van der Waals surface area (Å²) in [5.74, 6) is 0.617. The first kappa shape index (κ1) is 19.0. The normalized spacial score (nSPS) is 13.4. The van der Waals surface area contributed by atoms with E-state index in [4.69, 9.17) is 14.2 Å². The van der Waals surface area contributed by atoms with Crippen LogP contribution in [0.2, 0.25) is 0 Å². The van der Waals surface area contributed by atoms with Crippen molar-refractivity contribution in [3.8, 4) is 5.75 Å². The molecule has 0 unspecified atom stereocenters. The van der Waals surface area contributed by atoms with E-state index < -0.39 is 0 Å². The van der Waals surface area contributed by atoms with E-state index in [-0.39, 0.29) is 18.5 Å². The molecule has 8 nitrogen and oxygen atoms in total. The lowest BCUT2D eigenvalue weighted by Crippen LogP contribution is -2.35. The van der Waals surface area contributed by atoms with Crippen molar-refractivity contribution < 1.29 is 23.8 Å². The summed E-state index contributed by atoms with van der Waals surface area (Å²) >= 11 is 0. The van der Waals surface area contributed by atoms with Gasteiger partial charge in [-0.2, -0.15) is 0 Å². The maximum atomic E-state index is 12.3. The molecule has 3 amide bonds. The second kappa shape index (κ2) is 9.85. The van der Waals surface area contributed by atoms with Crippen molar-refractivity contribution in [2.45, 2.75) is 13.5 Å². The number of carbonyl (C=O) groups excluding carboxylic acids is 2. The van der Waals surface area contributed by atoms with Crippen molar-refractivity contribution in [1.82, 2.24) is 10.2 Å². The van der Waals surface area contributed by atoms with Gasteiger partial charge in [0.15, 0.2) is 0 Å². The van der Waals surface area contributed by atoms with Gasteiger partial charge in [-0.05, 0) is 25.1 Å². The molecule has 0 spiro atoms. The molecule has 2 N–H and O–H groups in total. The number of methoxy groups -OCH3 is 1. The third-order valence-electron chi connectivity index (χ3n) is 3.65. The Hall–Kier alpha value is -2.32. The zero-order valence-corrected chi connectivity index (χ0v) is 14.7. The fourth-order valence-electron chi connectivity index (χ4n) is 2.41. The number of nitrogens with zero attached hydrogens (tertiary/aromatic N) is 1.